The third-order valence-electron chi connectivity index (χ3n) is 2.58. The van der Waals surface area contributed by atoms with E-state index in [1.807, 2.05) is 20.8 Å². The van der Waals surface area contributed by atoms with Gasteiger partial charge in [0.05, 0.1) is 11.5 Å². The van der Waals surface area contributed by atoms with E-state index in [2.05, 4.69) is 10.6 Å². The van der Waals surface area contributed by atoms with Crippen molar-refractivity contribution in [3.05, 3.63) is 0 Å². The average Bonchev–Trinajstić information content (AvgIpc) is 2.27. The van der Waals surface area contributed by atoms with Crippen LogP contribution in [0.4, 0.5) is 0 Å². The van der Waals surface area contributed by atoms with E-state index in [-0.39, 0.29) is 18.2 Å². The van der Waals surface area contributed by atoms with Crippen molar-refractivity contribution in [1.82, 2.24) is 10.6 Å². The van der Waals surface area contributed by atoms with Crippen LogP contribution in [-0.4, -0.2) is 46.1 Å². The Kier molecular flexibility index (Phi) is 6.55. The predicted octanol–water partition coefficient (Wildman–Crippen LogP) is 0.356. The van der Waals surface area contributed by atoms with Gasteiger partial charge in [-0.2, -0.15) is 0 Å². The van der Waals surface area contributed by atoms with E-state index < -0.39 is 5.41 Å². The highest BCUT2D eigenvalue weighted by atomic mass is 16.7. The first-order valence-electron chi connectivity index (χ1n) is 5.40. The van der Waals surface area contributed by atoms with Crippen molar-refractivity contribution in [2.24, 2.45) is 5.41 Å². The van der Waals surface area contributed by atoms with Gasteiger partial charge in [-0.05, 0) is 20.8 Å². The van der Waals surface area contributed by atoms with Gasteiger partial charge < -0.3 is 20.1 Å². The SMILES string of the molecule is CNC(=O)C(C)(C)CNC(C)C(OC)OC. The quantitative estimate of drug-likeness (QED) is 0.622. The van der Waals surface area contributed by atoms with Gasteiger partial charge in [-0.1, -0.05) is 0 Å². The topological polar surface area (TPSA) is 59.6 Å². The van der Waals surface area contributed by atoms with Gasteiger partial charge in [-0.15, -0.1) is 0 Å². The zero-order chi connectivity index (χ0) is 12.8. The molecule has 0 fully saturated rings. The van der Waals surface area contributed by atoms with Crippen LogP contribution in [0.3, 0.4) is 0 Å². The first kappa shape index (κ1) is 15.3. The van der Waals surface area contributed by atoms with Gasteiger partial charge in [0.15, 0.2) is 6.29 Å². The molecule has 5 heteroatoms. The maximum absolute atomic E-state index is 11.5. The lowest BCUT2D eigenvalue weighted by Gasteiger charge is -2.28. The largest absolute Gasteiger partial charge is 0.359 e. The van der Waals surface area contributed by atoms with Crippen LogP contribution in [0.25, 0.3) is 0 Å². The van der Waals surface area contributed by atoms with E-state index in [0.29, 0.717) is 6.54 Å². The number of carbonyl (C=O) groups excluding carboxylic acids is 1. The molecule has 0 aliphatic heterocycles. The lowest BCUT2D eigenvalue weighted by Crippen LogP contribution is -2.48. The number of rotatable bonds is 7. The van der Waals surface area contributed by atoms with Crippen molar-refractivity contribution in [1.29, 1.82) is 0 Å². The molecule has 0 bridgehead atoms. The average molecular weight is 232 g/mol. The van der Waals surface area contributed by atoms with Gasteiger partial charge >= 0.3 is 0 Å². The van der Waals surface area contributed by atoms with Crippen LogP contribution < -0.4 is 10.6 Å². The van der Waals surface area contributed by atoms with Crippen LogP contribution in [0, 0.1) is 5.41 Å². The van der Waals surface area contributed by atoms with E-state index >= 15 is 0 Å². The van der Waals surface area contributed by atoms with Gasteiger partial charge in [-0.25, -0.2) is 0 Å². The minimum Gasteiger partial charge on any atom is -0.359 e. The summed E-state index contributed by atoms with van der Waals surface area (Å²) in [5.74, 6) is 0.0126. The third-order valence-corrected chi connectivity index (χ3v) is 2.58. The summed E-state index contributed by atoms with van der Waals surface area (Å²) < 4.78 is 10.3. The van der Waals surface area contributed by atoms with Gasteiger partial charge in [0.1, 0.15) is 0 Å². The van der Waals surface area contributed by atoms with Crippen LogP contribution >= 0.6 is 0 Å². The summed E-state index contributed by atoms with van der Waals surface area (Å²) in [4.78, 5) is 11.5. The molecule has 1 amide bonds. The molecule has 0 rings (SSSR count). The maximum Gasteiger partial charge on any atom is 0.226 e. The zero-order valence-electron chi connectivity index (χ0n) is 11.1. The number of hydrogen-bond acceptors (Lipinski definition) is 4. The second kappa shape index (κ2) is 6.83. The van der Waals surface area contributed by atoms with Gasteiger partial charge in [0.25, 0.3) is 0 Å². The standard InChI is InChI=1S/C11H24N2O3/c1-8(9(15-5)16-6)13-7-11(2,3)10(14)12-4/h8-9,13H,7H2,1-6H3,(H,12,14). The van der Waals surface area contributed by atoms with E-state index in [4.69, 9.17) is 9.47 Å². The lowest BCUT2D eigenvalue weighted by atomic mass is 9.92. The fourth-order valence-corrected chi connectivity index (χ4v) is 1.44. The van der Waals surface area contributed by atoms with Gasteiger partial charge in [0.2, 0.25) is 5.91 Å². The molecule has 0 heterocycles. The first-order valence-corrected chi connectivity index (χ1v) is 5.40. The second-order valence-corrected chi connectivity index (χ2v) is 4.47. The van der Waals surface area contributed by atoms with Crippen LogP contribution in [-0.2, 0) is 14.3 Å². The van der Waals surface area contributed by atoms with Crippen molar-refractivity contribution in [3.63, 3.8) is 0 Å². The number of amides is 1. The second-order valence-electron chi connectivity index (χ2n) is 4.47. The van der Waals surface area contributed by atoms with E-state index in [1.165, 1.54) is 0 Å². The Morgan fingerprint density at radius 3 is 2.19 bits per heavy atom. The van der Waals surface area contributed by atoms with Crippen LogP contribution in [0.15, 0.2) is 0 Å². The predicted molar refractivity (Wildman–Crippen MR) is 63.1 cm³/mol. The monoisotopic (exact) mass is 232 g/mol. The van der Waals surface area contributed by atoms with Crippen LogP contribution in [0.2, 0.25) is 0 Å². The lowest BCUT2D eigenvalue weighted by molar-refractivity contribution is -0.131. The molecule has 0 aromatic heterocycles. The highest BCUT2D eigenvalue weighted by Crippen LogP contribution is 2.14. The minimum atomic E-state index is -0.449. The molecule has 2 N–H and O–H groups in total. The molecule has 0 aliphatic carbocycles. The molecule has 1 unspecified atom stereocenters. The third kappa shape index (κ3) is 4.47. The van der Waals surface area contributed by atoms with E-state index in [0.717, 1.165) is 0 Å². The van der Waals surface area contributed by atoms with Crippen LogP contribution in [0.1, 0.15) is 20.8 Å². The zero-order valence-corrected chi connectivity index (χ0v) is 11.1. The molecule has 0 aromatic rings. The fourth-order valence-electron chi connectivity index (χ4n) is 1.44. The first-order chi connectivity index (χ1) is 7.38. The highest BCUT2D eigenvalue weighted by molar-refractivity contribution is 5.81. The highest BCUT2D eigenvalue weighted by Gasteiger charge is 2.28. The van der Waals surface area contributed by atoms with E-state index in [1.54, 1.807) is 21.3 Å². The summed E-state index contributed by atoms with van der Waals surface area (Å²) in [6.07, 6.45) is -0.305. The fraction of sp³-hybridized carbons (Fsp3) is 0.909. The molecule has 0 spiro atoms. The molecule has 5 nitrogen and oxygen atoms in total. The molecule has 0 saturated carbocycles. The minimum absolute atomic E-state index is 0.0126. The molecular formula is C11H24N2O3. The van der Waals surface area contributed by atoms with Gasteiger partial charge in [-0.3, -0.25) is 4.79 Å². The number of ether oxygens (including phenoxy) is 2. The normalized spacial score (nSPS) is 13.9. The summed E-state index contributed by atoms with van der Waals surface area (Å²) in [7, 11) is 4.83. The molecule has 96 valence electrons. The molecule has 16 heavy (non-hydrogen) atoms. The van der Waals surface area contributed by atoms with Crippen molar-refractivity contribution in [2.75, 3.05) is 27.8 Å². The Bertz CT molecular complexity index is 215. The summed E-state index contributed by atoms with van der Waals surface area (Å²) in [5, 5.41) is 5.87. The number of nitrogens with one attached hydrogen (secondary N) is 2. The number of carbonyl (C=O) groups is 1. The van der Waals surface area contributed by atoms with Crippen molar-refractivity contribution in [2.45, 2.75) is 33.1 Å². The smallest absolute Gasteiger partial charge is 0.226 e. The van der Waals surface area contributed by atoms with Crippen molar-refractivity contribution in [3.8, 4) is 0 Å². The Hall–Kier alpha value is -0.650. The summed E-state index contributed by atoms with van der Waals surface area (Å²) in [6, 6.07) is 0.0268. The molecule has 0 saturated heterocycles. The van der Waals surface area contributed by atoms with Crippen molar-refractivity contribution < 1.29 is 14.3 Å². The van der Waals surface area contributed by atoms with E-state index in [9.17, 15) is 4.79 Å². The Labute approximate surface area is 97.9 Å². The molecule has 0 aromatic carbocycles. The molecule has 0 radical (unpaired) electrons. The Balaban J connectivity index is 4.18. The Morgan fingerprint density at radius 1 is 1.31 bits per heavy atom. The van der Waals surface area contributed by atoms with Crippen LogP contribution in [0.5, 0.6) is 0 Å². The Morgan fingerprint density at radius 2 is 1.81 bits per heavy atom. The number of methoxy groups -OCH3 is 2. The number of hydrogen-bond donors (Lipinski definition) is 2. The summed E-state index contributed by atoms with van der Waals surface area (Å²) >= 11 is 0. The summed E-state index contributed by atoms with van der Waals surface area (Å²) in [5.41, 5.74) is -0.449. The van der Waals surface area contributed by atoms with Crippen molar-refractivity contribution >= 4 is 5.91 Å². The molecule has 1 atom stereocenters. The molecule has 0 aliphatic rings. The molecular weight excluding hydrogens is 208 g/mol. The summed E-state index contributed by atoms with van der Waals surface area (Å²) in [6.45, 7) is 6.30. The van der Waals surface area contributed by atoms with Gasteiger partial charge in [0, 0.05) is 27.8 Å². The maximum atomic E-state index is 11.5.